The molecule has 0 aromatic heterocycles. The van der Waals surface area contributed by atoms with Crippen molar-refractivity contribution in [2.24, 2.45) is 5.41 Å². The number of carbonyl (C=O) groups is 4. The quantitative estimate of drug-likeness (QED) is 0.718. The molecule has 8 nitrogen and oxygen atoms in total. The minimum absolute atomic E-state index is 0.0590. The van der Waals surface area contributed by atoms with E-state index in [4.69, 9.17) is 5.11 Å². The van der Waals surface area contributed by atoms with Crippen LogP contribution in [0.2, 0.25) is 0 Å². The number of carbonyl (C=O) groups excluding carboxylic acids is 3. The van der Waals surface area contributed by atoms with Crippen molar-refractivity contribution in [2.75, 3.05) is 11.9 Å². The van der Waals surface area contributed by atoms with Gasteiger partial charge in [-0.1, -0.05) is 26.0 Å². The summed E-state index contributed by atoms with van der Waals surface area (Å²) in [6.07, 6.45) is 0.275. The molecule has 3 rings (SSSR count). The highest BCUT2D eigenvalue weighted by molar-refractivity contribution is 6.10. The van der Waals surface area contributed by atoms with Crippen LogP contribution in [0.15, 0.2) is 24.3 Å². The van der Waals surface area contributed by atoms with E-state index in [1.165, 1.54) is 4.90 Å². The van der Waals surface area contributed by atoms with Gasteiger partial charge in [-0.05, 0) is 24.0 Å². The molecule has 2 heterocycles. The predicted molar refractivity (Wildman–Crippen MR) is 97.1 cm³/mol. The van der Waals surface area contributed by atoms with Crippen LogP contribution in [0.5, 0.6) is 0 Å². The van der Waals surface area contributed by atoms with E-state index >= 15 is 0 Å². The van der Waals surface area contributed by atoms with Crippen molar-refractivity contribution in [3.05, 3.63) is 29.8 Å². The second-order valence-electron chi connectivity index (χ2n) is 7.92. The number of nitrogens with one attached hydrogen (secondary N) is 2. The van der Waals surface area contributed by atoms with Gasteiger partial charge in [0.2, 0.25) is 11.8 Å². The standard InChI is InChI=1S/C19H23N3O5/c1-19(2,9-16(24)25)8-15(23)20-11-7-14-17(26)21-13-6-4-3-5-12(13)18(27)22(14)10-11/h3-6,11,14H,7-10H2,1-2H3,(H,20,23)(H,21,26)(H,24,25)/t11-,14-/m0/s1. The van der Waals surface area contributed by atoms with Crippen molar-refractivity contribution in [3.63, 3.8) is 0 Å². The highest BCUT2D eigenvalue weighted by Gasteiger charge is 2.43. The number of benzene rings is 1. The van der Waals surface area contributed by atoms with Crippen LogP contribution < -0.4 is 10.6 Å². The first-order valence-corrected chi connectivity index (χ1v) is 8.88. The highest BCUT2D eigenvalue weighted by atomic mass is 16.4. The minimum Gasteiger partial charge on any atom is -0.481 e. The van der Waals surface area contributed by atoms with Crippen LogP contribution in [0.1, 0.15) is 43.5 Å². The van der Waals surface area contributed by atoms with E-state index in [2.05, 4.69) is 10.6 Å². The van der Waals surface area contributed by atoms with Crippen LogP contribution >= 0.6 is 0 Å². The lowest BCUT2D eigenvalue weighted by Crippen LogP contribution is -2.41. The maximum atomic E-state index is 12.8. The van der Waals surface area contributed by atoms with Crippen molar-refractivity contribution >= 4 is 29.4 Å². The topological polar surface area (TPSA) is 116 Å². The number of aliphatic carboxylic acids is 1. The van der Waals surface area contributed by atoms with Gasteiger partial charge < -0.3 is 20.6 Å². The van der Waals surface area contributed by atoms with E-state index in [1.54, 1.807) is 38.1 Å². The molecule has 1 aromatic carbocycles. The molecule has 0 spiro atoms. The van der Waals surface area contributed by atoms with Gasteiger partial charge in [0.1, 0.15) is 6.04 Å². The molecule has 2 atom stereocenters. The summed E-state index contributed by atoms with van der Waals surface area (Å²) in [5.74, 6) is -1.74. The maximum Gasteiger partial charge on any atom is 0.303 e. The maximum absolute atomic E-state index is 12.8. The Kier molecular flexibility index (Phi) is 4.91. The zero-order valence-corrected chi connectivity index (χ0v) is 15.3. The lowest BCUT2D eigenvalue weighted by Gasteiger charge is -2.23. The fourth-order valence-electron chi connectivity index (χ4n) is 3.75. The Balaban J connectivity index is 1.68. The summed E-state index contributed by atoms with van der Waals surface area (Å²) < 4.78 is 0. The van der Waals surface area contributed by atoms with E-state index in [9.17, 15) is 19.2 Å². The average Bonchev–Trinajstić information content (AvgIpc) is 2.92. The Morgan fingerprint density at radius 2 is 1.96 bits per heavy atom. The third kappa shape index (κ3) is 4.10. The Morgan fingerprint density at radius 3 is 2.67 bits per heavy atom. The number of rotatable bonds is 5. The number of hydrogen-bond donors (Lipinski definition) is 3. The molecule has 8 heteroatoms. The molecule has 27 heavy (non-hydrogen) atoms. The molecule has 3 amide bonds. The fraction of sp³-hybridized carbons (Fsp3) is 0.474. The van der Waals surface area contributed by atoms with E-state index in [0.717, 1.165) is 0 Å². The van der Waals surface area contributed by atoms with Crippen LogP contribution in [-0.4, -0.2) is 52.3 Å². The third-order valence-electron chi connectivity index (χ3n) is 4.91. The SMILES string of the molecule is CC(C)(CC(=O)O)CC(=O)N[C@H]1C[C@H]2C(=O)Nc3ccccc3C(=O)N2C1. The fourth-order valence-corrected chi connectivity index (χ4v) is 3.75. The van der Waals surface area contributed by atoms with Crippen LogP contribution in [0.3, 0.4) is 0 Å². The second-order valence-corrected chi connectivity index (χ2v) is 7.92. The molecule has 1 fully saturated rings. The number of para-hydroxylation sites is 1. The van der Waals surface area contributed by atoms with Gasteiger partial charge in [-0.3, -0.25) is 19.2 Å². The van der Waals surface area contributed by atoms with E-state index in [-0.39, 0.29) is 43.1 Å². The van der Waals surface area contributed by atoms with Gasteiger partial charge in [0, 0.05) is 19.0 Å². The molecule has 2 aliphatic rings. The summed E-state index contributed by atoms with van der Waals surface area (Å²) in [7, 11) is 0. The van der Waals surface area contributed by atoms with Gasteiger partial charge in [0.05, 0.1) is 17.7 Å². The summed E-state index contributed by atoms with van der Waals surface area (Å²) in [6, 6.07) is 5.87. The molecular weight excluding hydrogens is 350 g/mol. The molecule has 0 radical (unpaired) electrons. The number of nitrogens with zero attached hydrogens (tertiary/aromatic N) is 1. The molecule has 0 unspecified atom stereocenters. The molecule has 144 valence electrons. The summed E-state index contributed by atoms with van der Waals surface area (Å²) in [5, 5.41) is 14.6. The van der Waals surface area contributed by atoms with Crippen molar-refractivity contribution in [1.29, 1.82) is 0 Å². The zero-order valence-electron chi connectivity index (χ0n) is 15.3. The van der Waals surface area contributed by atoms with Crippen molar-refractivity contribution < 1.29 is 24.3 Å². The number of carboxylic acid groups (broad SMARTS) is 1. The first-order valence-electron chi connectivity index (χ1n) is 8.88. The van der Waals surface area contributed by atoms with Crippen LogP contribution in [-0.2, 0) is 14.4 Å². The van der Waals surface area contributed by atoms with Gasteiger partial charge in [-0.15, -0.1) is 0 Å². The van der Waals surface area contributed by atoms with Gasteiger partial charge in [-0.2, -0.15) is 0 Å². The molecule has 3 N–H and O–H groups in total. The average molecular weight is 373 g/mol. The van der Waals surface area contributed by atoms with E-state index in [0.29, 0.717) is 17.7 Å². The molecule has 1 saturated heterocycles. The van der Waals surface area contributed by atoms with Crippen molar-refractivity contribution in [2.45, 2.75) is 45.2 Å². The summed E-state index contributed by atoms with van der Waals surface area (Å²) in [5.41, 5.74) is 0.256. The number of fused-ring (bicyclic) bond motifs is 2. The van der Waals surface area contributed by atoms with Crippen LogP contribution in [0, 0.1) is 5.41 Å². The number of anilines is 1. The van der Waals surface area contributed by atoms with Crippen molar-refractivity contribution in [3.8, 4) is 0 Å². The first kappa shape index (κ1) is 18.9. The summed E-state index contributed by atoms with van der Waals surface area (Å²) in [4.78, 5) is 50.0. The molecular formula is C19H23N3O5. The monoisotopic (exact) mass is 373 g/mol. The van der Waals surface area contributed by atoms with Crippen LogP contribution in [0.4, 0.5) is 5.69 Å². The third-order valence-corrected chi connectivity index (χ3v) is 4.91. The van der Waals surface area contributed by atoms with Crippen molar-refractivity contribution in [1.82, 2.24) is 10.2 Å². The predicted octanol–water partition coefficient (Wildman–Crippen LogP) is 1.23. The lowest BCUT2D eigenvalue weighted by molar-refractivity contribution is -0.139. The molecule has 0 saturated carbocycles. The van der Waals surface area contributed by atoms with Gasteiger partial charge in [-0.25, -0.2) is 0 Å². The zero-order chi connectivity index (χ0) is 19.8. The van der Waals surface area contributed by atoms with E-state index in [1.807, 2.05) is 0 Å². The molecule has 0 bridgehead atoms. The molecule has 0 aliphatic carbocycles. The van der Waals surface area contributed by atoms with Gasteiger partial charge in [0.25, 0.3) is 5.91 Å². The Morgan fingerprint density at radius 1 is 1.26 bits per heavy atom. The number of amides is 3. The van der Waals surface area contributed by atoms with E-state index < -0.39 is 17.4 Å². The lowest BCUT2D eigenvalue weighted by atomic mass is 9.85. The Hall–Kier alpha value is -2.90. The van der Waals surface area contributed by atoms with Gasteiger partial charge >= 0.3 is 5.97 Å². The first-order chi connectivity index (χ1) is 12.7. The normalized spacial score (nSPS) is 21.8. The van der Waals surface area contributed by atoms with Crippen LogP contribution in [0.25, 0.3) is 0 Å². The smallest absolute Gasteiger partial charge is 0.303 e. The number of hydrogen-bond acceptors (Lipinski definition) is 4. The number of carboxylic acids is 1. The van der Waals surface area contributed by atoms with Gasteiger partial charge in [0.15, 0.2) is 0 Å². The Bertz CT molecular complexity index is 804. The molecule has 1 aromatic rings. The minimum atomic E-state index is -0.956. The summed E-state index contributed by atoms with van der Waals surface area (Å²) >= 11 is 0. The highest BCUT2D eigenvalue weighted by Crippen LogP contribution is 2.29. The molecule has 2 aliphatic heterocycles. The largest absolute Gasteiger partial charge is 0.481 e. The summed E-state index contributed by atoms with van der Waals surface area (Å²) in [6.45, 7) is 3.68. The second kappa shape index (κ2) is 7.02. The Labute approximate surface area is 156 Å².